The Bertz CT molecular complexity index is 1090. The first-order valence-electron chi connectivity index (χ1n) is 11.6. The maximum atomic E-state index is 13.1. The molecule has 2 N–H and O–H groups in total. The number of fused-ring (bicyclic) bond motifs is 1. The van der Waals surface area contributed by atoms with Gasteiger partial charge in [-0.05, 0) is 53.9 Å². The second-order valence-corrected chi connectivity index (χ2v) is 10.3. The standard InChI is InChI=1S/C26H31F3N2O3/c1-14(2)23-22(24(33)17-6-5-16(13-30-17)26(27,28)29)20(15-7-9-34-10-8-15)21-18(31-23)11-25(3,4)12-19(21)32/h5-7,13-14,19,24,32-33H,8-12H2,1-4H3/t19?,24-/m0/s1. The lowest BCUT2D eigenvalue weighted by molar-refractivity contribution is -0.137. The van der Waals surface area contributed by atoms with Crippen LogP contribution in [0.1, 0.15) is 98.0 Å². The van der Waals surface area contributed by atoms with Crippen molar-refractivity contribution in [1.29, 1.82) is 0 Å². The minimum absolute atomic E-state index is 0.0641. The molecule has 0 bridgehead atoms. The third-order valence-corrected chi connectivity index (χ3v) is 6.60. The fraction of sp³-hybridized carbons (Fsp3) is 0.538. The van der Waals surface area contributed by atoms with Crippen LogP contribution in [-0.4, -0.2) is 33.4 Å². The van der Waals surface area contributed by atoms with Crippen molar-refractivity contribution < 1.29 is 28.1 Å². The first-order valence-corrected chi connectivity index (χ1v) is 11.6. The minimum Gasteiger partial charge on any atom is -0.388 e. The van der Waals surface area contributed by atoms with E-state index in [1.54, 1.807) is 0 Å². The number of hydrogen-bond donors (Lipinski definition) is 2. The molecule has 0 saturated heterocycles. The maximum Gasteiger partial charge on any atom is 0.417 e. The molecule has 1 aliphatic heterocycles. The monoisotopic (exact) mass is 476 g/mol. The number of aromatic nitrogens is 2. The lowest BCUT2D eigenvalue weighted by atomic mass is 9.71. The van der Waals surface area contributed by atoms with Crippen molar-refractivity contribution >= 4 is 5.57 Å². The molecule has 184 valence electrons. The van der Waals surface area contributed by atoms with Crippen LogP contribution in [0.25, 0.3) is 5.57 Å². The number of rotatable bonds is 4. The summed E-state index contributed by atoms with van der Waals surface area (Å²) < 4.78 is 44.7. The maximum absolute atomic E-state index is 13.1. The van der Waals surface area contributed by atoms with E-state index in [0.717, 1.165) is 29.1 Å². The molecule has 5 nitrogen and oxygen atoms in total. The largest absolute Gasteiger partial charge is 0.417 e. The van der Waals surface area contributed by atoms with E-state index in [9.17, 15) is 23.4 Å². The summed E-state index contributed by atoms with van der Waals surface area (Å²) in [5, 5.41) is 22.7. The van der Waals surface area contributed by atoms with Gasteiger partial charge in [0, 0.05) is 23.0 Å². The van der Waals surface area contributed by atoms with E-state index in [1.807, 2.05) is 19.9 Å². The third-order valence-electron chi connectivity index (χ3n) is 6.60. The number of pyridine rings is 2. The van der Waals surface area contributed by atoms with Crippen molar-refractivity contribution in [3.8, 4) is 0 Å². The number of aliphatic hydroxyl groups excluding tert-OH is 2. The van der Waals surface area contributed by atoms with Gasteiger partial charge in [-0.2, -0.15) is 13.2 Å². The summed E-state index contributed by atoms with van der Waals surface area (Å²) in [5.74, 6) is -0.0641. The molecule has 2 aromatic rings. The highest BCUT2D eigenvalue weighted by atomic mass is 19.4. The first kappa shape index (κ1) is 24.8. The highest BCUT2D eigenvalue weighted by Gasteiger charge is 2.38. The van der Waals surface area contributed by atoms with Gasteiger partial charge in [0.2, 0.25) is 0 Å². The van der Waals surface area contributed by atoms with Crippen LogP contribution in [0.5, 0.6) is 0 Å². The van der Waals surface area contributed by atoms with Gasteiger partial charge in [-0.25, -0.2) is 0 Å². The molecule has 0 saturated carbocycles. The van der Waals surface area contributed by atoms with Crippen LogP contribution in [0, 0.1) is 5.41 Å². The molecule has 0 fully saturated rings. The molecule has 2 atom stereocenters. The van der Waals surface area contributed by atoms with Crippen LogP contribution in [-0.2, 0) is 17.3 Å². The van der Waals surface area contributed by atoms with Gasteiger partial charge in [0.1, 0.15) is 6.10 Å². The molecule has 3 heterocycles. The Morgan fingerprint density at radius 2 is 1.94 bits per heavy atom. The highest BCUT2D eigenvalue weighted by Crippen LogP contribution is 2.47. The SMILES string of the molecule is CC(C)c1nc2c(c(C3=CCOCC3)c1[C@@H](O)c1ccc(C(F)(F)F)cn1)C(O)CC(C)(C)C2. The fourth-order valence-corrected chi connectivity index (χ4v) is 5.03. The lowest BCUT2D eigenvalue weighted by Gasteiger charge is -2.38. The van der Waals surface area contributed by atoms with Crippen LogP contribution in [0.3, 0.4) is 0 Å². The summed E-state index contributed by atoms with van der Waals surface area (Å²) in [7, 11) is 0. The molecule has 8 heteroatoms. The van der Waals surface area contributed by atoms with Crippen molar-refractivity contribution in [3.63, 3.8) is 0 Å². The summed E-state index contributed by atoms with van der Waals surface area (Å²) in [5.41, 5.74) is 3.49. The highest BCUT2D eigenvalue weighted by molar-refractivity contribution is 5.74. The van der Waals surface area contributed by atoms with E-state index < -0.39 is 23.9 Å². The molecule has 2 aromatic heterocycles. The van der Waals surface area contributed by atoms with Crippen molar-refractivity contribution in [2.75, 3.05) is 13.2 Å². The summed E-state index contributed by atoms with van der Waals surface area (Å²) >= 11 is 0. The average molecular weight is 477 g/mol. The van der Waals surface area contributed by atoms with Crippen molar-refractivity contribution in [2.24, 2.45) is 5.41 Å². The Labute approximate surface area is 197 Å². The zero-order valence-electron chi connectivity index (χ0n) is 19.9. The van der Waals surface area contributed by atoms with E-state index in [0.29, 0.717) is 49.3 Å². The van der Waals surface area contributed by atoms with Gasteiger partial charge in [0.25, 0.3) is 0 Å². The predicted molar refractivity (Wildman–Crippen MR) is 122 cm³/mol. The van der Waals surface area contributed by atoms with Crippen LogP contribution in [0.15, 0.2) is 24.4 Å². The van der Waals surface area contributed by atoms with Gasteiger partial charge in [0.05, 0.1) is 36.3 Å². The van der Waals surface area contributed by atoms with Crippen molar-refractivity contribution in [3.05, 3.63) is 63.7 Å². The molecule has 0 aromatic carbocycles. The zero-order chi connectivity index (χ0) is 24.8. The van der Waals surface area contributed by atoms with Gasteiger partial charge in [-0.15, -0.1) is 0 Å². The van der Waals surface area contributed by atoms with Gasteiger partial charge < -0.3 is 14.9 Å². The number of hydrogen-bond acceptors (Lipinski definition) is 5. The van der Waals surface area contributed by atoms with E-state index >= 15 is 0 Å². The summed E-state index contributed by atoms with van der Waals surface area (Å²) in [4.78, 5) is 8.89. The van der Waals surface area contributed by atoms with E-state index in [4.69, 9.17) is 9.72 Å². The molecule has 0 radical (unpaired) electrons. The number of ether oxygens (including phenoxy) is 1. The smallest absolute Gasteiger partial charge is 0.388 e. The predicted octanol–water partition coefficient (Wildman–Crippen LogP) is 5.51. The van der Waals surface area contributed by atoms with Crippen LogP contribution in [0.4, 0.5) is 13.2 Å². The molecular weight excluding hydrogens is 445 g/mol. The summed E-state index contributed by atoms with van der Waals surface area (Å²) in [6, 6.07) is 2.13. The Hall–Kier alpha value is -2.29. The molecule has 2 aliphatic rings. The Kier molecular flexibility index (Phi) is 6.61. The molecule has 4 rings (SSSR count). The van der Waals surface area contributed by atoms with Crippen molar-refractivity contribution in [2.45, 2.75) is 71.3 Å². The molecule has 0 spiro atoms. The number of nitrogens with zero attached hydrogens (tertiary/aromatic N) is 2. The molecule has 1 unspecified atom stereocenters. The van der Waals surface area contributed by atoms with Crippen LogP contribution in [0.2, 0.25) is 0 Å². The summed E-state index contributed by atoms with van der Waals surface area (Å²) in [6.07, 6.45) is -2.04. The zero-order valence-corrected chi connectivity index (χ0v) is 19.9. The quantitative estimate of drug-likeness (QED) is 0.609. The second-order valence-electron chi connectivity index (χ2n) is 10.3. The van der Waals surface area contributed by atoms with Gasteiger partial charge >= 0.3 is 6.18 Å². The minimum atomic E-state index is -4.51. The first-order chi connectivity index (χ1) is 15.9. The van der Waals surface area contributed by atoms with E-state index in [1.165, 1.54) is 6.07 Å². The molecule has 34 heavy (non-hydrogen) atoms. The van der Waals surface area contributed by atoms with Crippen molar-refractivity contribution in [1.82, 2.24) is 9.97 Å². The lowest BCUT2D eigenvalue weighted by Crippen LogP contribution is -2.30. The Morgan fingerprint density at radius 1 is 1.21 bits per heavy atom. The van der Waals surface area contributed by atoms with E-state index in [2.05, 4.69) is 18.8 Å². The summed E-state index contributed by atoms with van der Waals surface area (Å²) in [6.45, 7) is 9.06. The topological polar surface area (TPSA) is 75.5 Å². The van der Waals surface area contributed by atoms with Gasteiger partial charge in [0.15, 0.2) is 0 Å². The Balaban J connectivity index is 1.95. The third kappa shape index (κ3) is 4.76. The molecule has 1 aliphatic carbocycles. The molecule has 0 amide bonds. The fourth-order valence-electron chi connectivity index (χ4n) is 5.03. The van der Waals surface area contributed by atoms with Crippen LogP contribution < -0.4 is 0 Å². The second kappa shape index (κ2) is 9.06. The van der Waals surface area contributed by atoms with Gasteiger partial charge in [-0.1, -0.05) is 33.8 Å². The average Bonchev–Trinajstić information content (AvgIpc) is 2.76. The Morgan fingerprint density at radius 3 is 2.50 bits per heavy atom. The van der Waals surface area contributed by atoms with Crippen LogP contribution >= 0.6 is 0 Å². The molecular formula is C26H31F3N2O3. The normalized spacial score (nSPS) is 21.2. The number of halogens is 3. The van der Waals surface area contributed by atoms with E-state index in [-0.39, 0.29) is 17.0 Å². The number of alkyl halides is 3. The van der Waals surface area contributed by atoms with Gasteiger partial charge in [-0.3, -0.25) is 9.97 Å². The number of aliphatic hydroxyl groups is 2.